The molecule has 0 aromatic heterocycles. The molecule has 3 fully saturated rings. The molecule has 3 aliphatic heterocycles. The molecule has 0 radical (unpaired) electrons. The third-order valence-electron chi connectivity index (χ3n) is 5.58. The number of hydrogen-bond donors (Lipinski definition) is 1. The van der Waals surface area contributed by atoms with Crippen LogP contribution < -0.4 is 15.1 Å². The Bertz CT molecular complexity index is 892. The fraction of sp³-hybridized carbons (Fsp3) is 0.526. The van der Waals surface area contributed by atoms with Gasteiger partial charge in [0.1, 0.15) is 11.8 Å². The standard InChI is InChI=1S/C19H21F4N5O4/c20-14-5-11(28-10-13(32-19(28)31)7-24-18(30)17(22)23)6-15(21)16(14)25-1-3-26-8-12(29)9-27(26)4-2-25/h5-6,13,17H,1-4,7-10H2,(H,24,30). The highest BCUT2D eigenvalue weighted by Crippen LogP contribution is 2.31. The number of rotatable bonds is 5. The number of amides is 2. The Hall–Kier alpha value is -2.93. The van der Waals surface area contributed by atoms with Crippen molar-refractivity contribution in [1.29, 1.82) is 0 Å². The molecule has 3 aliphatic rings. The lowest BCUT2D eigenvalue weighted by atomic mass is 10.2. The number of anilines is 2. The van der Waals surface area contributed by atoms with Gasteiger partial charge in [0.2, 0.25) is 0 Å². The summed E-state index contributed by atoms with van der Waals surface area (Å²) in [5, 5.41) is 5.66. The lowest BCUT2D eigenvalue weighted by Gasteiger charge is -2.25. The van der Waals surface area contributed by atoms with Crippen LogP contribution in [0.3, 0.4) is 0 Å². The monoisotopic (exact) mass is 459 g/mol. The molecule has 2 amide bonds. The number of nitrogens with zero attached hydrogens (tertiary/aromatic N) is 4. The largest absolute Gasteiger partial charge is 0.442 e. The molecule has 32 heavy (non-hydrogen) atoms. The molecule has 0 saturated carbocycles. The highest BCUT2D eigenvalue weighted by atomic mass is 19.3. The zero-order chi connectivity index (χ0) is 23.0. The number of benzene rings is 1. The Labute approximate surface area is 180 Å². The number of cyclic esters (lactones) is 1. The van der Waals surface area contributed by atoms with Crippen LogP contribution in [0, 0.1) is 11.6 Å². The second-order valence-corrected chi connectivity index (χ2v) is 7.72. The van der Waals surface area contributed by atoms with Gasteiger partial charge in [-0.1, -0.05) is 0 Å². The average molecular weight is 459 g/mol. The number of carbonyl (C=O) groups excluding carboxylic acids is 3. The molecule has 4 rings (SSSR count). The summed E-state index contributed by atoms with van der Waals surface area (Å²) in [7, 11) is 0. The van der Waals surface area contributed by atoms with Crippen LogP contribution in [0.15, 0.2) is 12.1 Å². The Kier molecular flexibility index (Phi) is 6.20. The summed E-state index contributed by atoms with van der Waals surface area (Å²) in [5.41, 5.74) is -0.308. The average Bonchev–Trinajstić information content (AvgIpc) is 3.22. The van der Waals surface area contributed by atoms with Crippen LogP contribution in [0.5, 0.6) is 0 Å². The highest BCUT2D eigenvalue weighted by molar-refractivity contribution is 5.90. The minimum Gasteiger partial charge on any atom is -0.442 e. The molecule has 1 N–H and O–H groups in total. The van der Waals surface area contributed by atoms with E-state index in [-0.39, 0.29) is 43.3 Å². The van der Waals surface area contributed by atoms with Crippen molar-refractivity contribution in [3.8, 4) is 0 Å². The van der Waals surface area contributed by atoms with Crippen molar-refractivity contribution in [3.63, 3.8) is 0 Å². The van der Waals surface area contributed by atoms with Crippen molar-refractivity contribution >= 4 is 29.2 Å². The van der Waals surface area contributed by atoms with Gasteiger partial charge in [0.15, 0.2) is 17.4 Å². The van der Waals surface area contributed by atoms with E-state index in [1.165, 1.54) is 0 Å². The predicted octanol–water partition coefficient (Wildman–Crippen LogP) is 0.593. The van der Waals surface area contributed by atoms with Crippen molar-refractivity contribution in [3.05, 3.63) is 23.8 Å². The normalized spacial score (nSPS) is 22.3. The van der Waals surface area contributed by atoms with Gasteiger partial charge in [-0.25, -0.2) is 23.6 Å². The first-order valence-electron chi connectivity index (χ1n) is 10.0. The van der Waals surface area contributed by atoms with Gasteiger partial charge >= 0.3 is 12.5 Å². The van der Waals surface area contributed by atoms with Crippen LogP contribution in [-0.4, -0.2) is 92.7 Å². The quantitative estimate of drug-likeness (QED) is 0.646. The molecule has 13 heteroatoms. The molecule has 1 unspecified atom stereocenters. The van der Waals surface area contributed by atoms with E-state index < -0.39 is 36.2 Å². The Morgan fingerprint density at radius 2 is 1.66 bits per heavy atom. The second kappa shape index (κ2) is 8.90. The number of fused-ring (bicyclic) bond motifs is 1. The number of hydrogen-bond acceptors (Lipinski definition) is 7. The van der Waals surface area contributed by atoms with Crippen molar-refractivity contribution in [2.45, 2.75) is 12.5 Å². The van der Waals surface area contributed by atoms with Gasteiger partial charge in [0, 0.05) is 38.3 Å². The van der Waals surface area contributed by atoms with E-state index in [9.17, 15) is 31.9 Å². The van der Waals surface area contributed by atoms with Crippen molar-refractivity contribution in [1.82, 2.24) is 15.3 Å². The van der Waals surface area contributed by atoms with Crippen LogP contribution in [0.4, 0.5) is 33.7 Å². The maximum atomic E-state index is 14.9. The van der Waals surface area contributed by atoms with Gasteiger partial charge in [0.25, 0.3) is 5.91 Å². The van der Waals surface area contributed by atoms with Gasteiger partial charge in [-0.15, -0.1) is 0 Å². The first kappa shape index (κ1) is 22.3. The molecule has 174 valence electrons. The summed E-state index contributed by atoms with van der Waals surface area (Å²) in [6, 6.07) is 2.02. The van der Waals surface area contributed by atoms with E-state index >= 15 is 0 Å². The molecular weight excluding hydrogens is 438 g/mol. The molecule has 1 aromatic rings. The summed E-state index contributed by atoms with van der Waals surface area (Å²) in [4.78, 5) is 37.2. The van der Waals surface area contributed by atoms with E-state index in [0.717, 1.165) is 17.0 Å². The molecule has 3 heterocycles. The third-order valence-corrected chi connectivity index (χ3v) is 5.58. The summed E-state index contributed by atoms with van der Waals surface area (Å²) in [5.74, 6) is -3.13. The number of Topliss-reactive ketones (excluding diaryl/α,β-unsaturated/α-hetero) is 1. The van der Waals surface area contributed by atoms with Crippen LogP contribution >= 0.6 is 0 Å². The van der Waals surface area contributed by atoms with E-state index in [4.69, 9.17) is 4.74 Å². The van der Waals surface area contributed by atoms with Crippen LogP contribution in [0.2, 0.25) is 0 Å². The molecule has 1 atom stereocenters. The van der Waals surface area contributed by atoms with Crippen molar-refractivity contribution < 1.29 is 36.7 Å². The topological polar surface area (TPSA) is 85.4 Å². The smallest absolute Gasteiger partial charge is 0.414 e. The Morgan fingerprint density at radius 1 is 1.06 bits per heavy atom. The molecule has 0 bridgehead atoms. The molecule has 3 saturated heterocycles. The Morgan fingerprint density at radius 3 is 2.22 bits per heavy atom. The highest BCUT2D eigenvalue weighted by Gasteiger charge is 2.35. The van der Waals surface area contributed by atoms with E-state index in [1.807, 2.05) is 15.3 Å². The SMILES string of the molecule is O=C1CN2CCN(c3c(F)cc(N4CC(CNC(=O)C(F)F)OC4=O)cc3F)CCN2C1. The summed E-state index contributed by atoms with van der Waals surface area (Å²) >= 11 is 0. The van der Waals surface area contributed by atoms with Crippen LogP contribution in [0.1, 0.15) is 0 Å². The minimum absolute atomic E-state index is 0.0822. The maximum Gasteiger partial charge on any atom is 0.414 e. The summed E-state index contributed by atoms with van der Waals surface area (Å²) in [6.07, 6.45) is -5.04. The molecular formula is C19H21F4N5O4. The number of hydrazine groups is 1. The van der Waals surface area contributed by atoms with Gasteiger partial charge < -0.3 is 15.0 Å². The molecule has 0 spiro atoms. The zero-order valence-electron chi connectivity index (χ0n) is 16.9. The first-order chi connectivity index (χ1) is 15.2. The lowest BCUT2D eigenvalue weighted by molar-refractivity contribution is -0.132. The van der Waals surface area contributed by atoms with Gasteiger partial charge in [-0.2, -0.15) is 8.78 Å². The fourth-order valence-electron chi connectivity index (χ4n) is 4.05. The van der Waals surface area contributed by atoms with Gasteiger partial charge in [0.05, 0.1) is 31.9 Å². The van der Waals surface area contributed by atoms with Crippen LogP contribution in [-0.2, 0) is 14.3 Å². The predicted molar refractivity (Wildman–Crippen MR) is 103 cm³/mol. The number of nitrogens with one attached hydrogen (secondary N) is 1. The fourth-order valence-corrected chi connectivity index (χ4v) is 4.05. The zero-order valence-corrected chi connectivity index (χ0v) is 16.9. The molecule has 9 nitrogen and oxygen atoms in total. The Balaban J connectivity index is 1.44. The van der Waals surface area contributed by atoms with Crippen LogP contribution in [0.25, 0.3) is 0 Å². The van der Waals surface area contributed by atoms with E-state index in [1.54, 1.807) is 4.90 Å². The van der Waals surface area contributed by atoms with Crippen molar-refractivity contribution in [2.75, 3.05) is 62.2 Å². The van der Waals surface area contributed by atoms with E-state index in [0.29, 0.717) is 26.2 Å². The van der Waals surface area contributed by atoms with Gasteiger partial charge in [-0.05, 0) is 0 Å². The first-order valence-corrected chi connectivity index (χ1v) is 10.0. The third kappa shape index (κ3) is 4.48. The number of ether oxygens (including phenoxy) is 1. The lowest BCUT2D eigenvalue weighted by Crippen LogP contribution is -2.37. The van der Waals surface area contributed by atoms with E-state index in [2.05, 4.69) is 0 Å². The maximum absolute atomic E-state index is 14.9. The molecule has 0 aliphatic carbocycles. The van der Waals surface area contributed by atoms with Gasteiger partial charge in [-0.3, -0.25) is 14.5 Å². The summed E-state index contributed by atoms with van der Waals surface area (Å²) < 4.78 is 59.4. The number of carbonyl (C=O) groups is 3. The number of ketones is 1. The second-order valence-electron chi connectivity index (χ2n) is 7.72. The minimum atomic E-state index is -3.20. The number of halogens is 4. The number of alkyl halides is 2. The van der Waals surface area contributed by atoms with Crippen molar-refractivity contribution in [2.24, 2.45) is 0 Å². The summed E-state index contributed by atoms with van der Waals surface area (Å²) in [6.45, 7) is 1.57. The molecule has 1 aromatic carbocycles.